The van der Waals surface area contributed by atoms with E-state index in [0.717, 1.165) is 32.4 Å². The van der Waals surface area contributed by atoms with Crippen LogP contribution < -0.4 is 5.73 Å². The number of unbranched alkanes of at least 4 members (excludes halogenated alkanes) is 1. The fraction of sp³-hybridized carbons (Fsp3) is 0.923. The molecule has 94 valence electrons. The topological polar surface area (TPSA) is 46.3 Å². The average molecular weight is 226 g/mol. The van der Waals surface area contributed by atoms with Crippen LogP contribution in [-0.4, -0.2) is 30.4 Å². The first kappa shape index (κ1) is 13.5. The highest BCUT2D eigenvalue weighted by Gasteiger charge is 2.32. The summed E-state index contributed by atoms with van der Waals surface area (Å²) in [5, 5.41) is 0. The van der Waals surface area contributed by atoms with Crippen LogP contribution in [0.2, 0.25) is 0 Å². The first-order valence-corrected chi connectivity index (χ1v) is 6.69. The maximum absolute atomic E-state index is 12.3. The molecule has 0 saturated heterocycles. The number of amides is 1. The van der Waals surface area contributed by atoms with E-state index in [4.69, 9.17) is 5.73 Å². The van der Waals surface area contributed by atoms with E-state index in [1.54, 1.807) is 0 Å². The van der Waals surface area contributed by atoms with Crippen LogP contribution in [-0.2, 0) is 4.79 Å². The minimum atomic E-state index is 0.267. The number of rotatable bonds is 6. The van der Waals surface area contributed by atoms with Crippen molar-refractivity contribution in [3.8, 4) is 0 Å². The Kier molecular flexibility index (Phi) is 5.81. The van der Waals surface area contributed by atoms with Crippen molar-refractivity contribution in [1.82, 2.24) is 4.90 Å². The van der Waals surface area contributed by atoms with Gasteiger partial charge in [0, 0.05) is 25.6 Å². The highest BCUT2D eigenvalue weighted by Crippen LogP contribution is 2.32. The van der Waals surface area contributed by atoms with E-state index in [1.807, 2.05) is 4.90 Å². The van der Waals surface area contributed by atoms with Crippen LogP contribution in [0.15, 0.2) is 0 Å². The lowest BCUT2D eigenvalue weighted by Crippen LogP contribution is -2.40. The van der Waals surface area contributed by atoms with Crippen molar-refractivity contribution in [2.75, 3.05) is 19.6 Å². The summed E-state index contributed by atoms with van der Waals surface area (Å²) in [6, 6.07) is 0. The van der Waals surface area contributed by atoms with Crippen LogP contribution in [0.5, 0.6) is 0 Å². The Morgan fingerprint density at radius 1 is 1.38 bits per heavy atom. The molecule has 0 aliphatic heterocycles. The van der Waals surface area contributed by atoms with Gasteiger partial charge in [-0.25, -0.2) is 0 Å². The normalized spacial score (nSPS) is 24.7. The van der Waals surface area contributed by atoms with Crippen LogP contribution in [0.3, 0.4) is 0 Å². The van der Waals surface area contributed by atoms with E-state index in [0.29, 0.717) is 18.4 Å². The predicted octanol–water partition coefficient (Wildman–Crippen LogP) is 2.01. The SMILES string of the molecule is CCCCN(CCN)C(=O)C1CCCC1C. The zero-order valence-corrected chi connectivity index (χ0v) is 10.7. The number of nitrogens with zero attached hydrogens (tertiary/aromatic N) is 1. The van der Waals surface area contributed by atoms with Crippen LogP contribution >= 0.6 is 0 Å². The standard InChI is InChI=1S/C13H26N2O/c1-3-4-9-15(10-8-14)13(16)12-7-5-6-11(12)2/h11-12H,3-10,14H2,1-2H3. The average Bonchev–Trinajstić information content (AvgIpc) is 2.69. The van der Waals surface area contributed by atoms with Gasteiger partial charge in [-0.05, 0) is 25.2 Å². The maximum atomic E-state index is 12.3. The molecule has 0 radical (unpaired) electrons. The highest BCUT2D eigenvalue weighted by atomic mass is 16.2. The molecule has 2 N–H and O–H groups in total. The van der Waals surface area contributed by atoms with Gasteiger partial charge >= 0.3 is 0 Å². The van der Waals surface area contributed by atoms with Gasteiger partial charge in [0.1, 0.15) is 0 Å². The van der Waals surface area contributed by atoms with Crippen molar-refractivity contribution in [3.63, 3.8) is 0 Å². The second-order valence-electron chi connectivity index (χ2n) is 4.98. The summed E-state index contributed by atoms with van der Waals surface area (Å²) in [4.78, 5) is 14.3. The number of hydrogen-bond donors (Lipinski definition) is 1. The molecule has 0 aromatic rings. The summed E-state index contributed by atoms with van der Waals surface area (Å²) in [5.74, 6) is 1.18. The van der Waals surface area contributed by atoms with Gasteiger partial charge in [0.2, 0.25) is 5.91 Å². The largest absolute Gasteiger partial charge is 0.341 e. The van der Waals surface area contributed by atoms with Crippen molar-refractivity contribution < 1.29 is 4.79 Å². The molecule has 0 aromatic carbocycles. The van der Waals surface area contributed by atoms with Crippen LogP contribution in [0.1, 0.15) is 46.0 Å². The molecule has 3 nitrogen and oxygen atoms in total. The molecule has 2 unspecified atom stereocenters. The predicted molar refractivity (Wildman–Crippen MR) is 67.0 cm³/mol. The van der Waals surface area contributed by atoms with E-state index < -0.39 is 0 Å². The Morgan fingerprint density at radius 3 is 2.62 bits per heavy atom. The van der Waals surface area contributed by atoms with Crippen LogP contribution in [0, 0.1) is 11.8 Å². The molecule has 2 atom stereocenters. The quantitative estimate of drug-likeness (QED) is 0.753. The summed E-state index contributed by atoms with van der Waals surface area (Å²) >= 11 is 0. The van der Waals surface area contributed by atoms with Gasteiger partial charge in [-0.1, -0.05) is 26.7 Å². The molecule has 1 fully saturated rings. The third-order valence-corrected chi connectivity index (χ3v) is 3.67. The van der Waals surface area contributed by atoms with E-state index in [1.165, 1.54) is 12.8 Å². The van der Waals surface area contributed by atoms with Gasteiger partial charge in [0.25, 0.3) is 0 Å². The van der Waals surface area contributed by atoms with E-state index in [2.05, 4.69) is 13.8 Å². The lowest BCUT2D eigenvalue weighted by molar-refractivity contribution is -0.136. The third kappa shape index (κ3) is 3.48. The van der Waals surface area contributed by atoms with Crippen molar-refractivity contribution in [2.24, 2.45) is 17.6 Å². The first-order valence-electron chi connectivity index (χ1n) is 6.69. The zero-order chi connectivity index (χ0) is 12.0. The molecular weight excluding hydrogens is 200 g/mol. The Hall–Kier alpha value is -0.570. The van der Waals surface area contributed by atoms with Gasteiger partial charge < -0.3 is 10.6 Å². The Bertz CT molecular complexity index is 218. The van der Waals surface area contributed by atoms with Gasteiger partial charge in [0.05, 0.1) is 0 Å². The molecule has 16 heavy (non-hydrogen) atoms. The fourth-order valence-corrected chi connectivity index (χ4v) is 2.58. The monoisotopic (exact) mass is 226 g/mol. The van der Waals surface area contributed by atoms with Gasteiger partial charge in [-0.15, -0.1) is 0 Å². The number of carbonyl (C=O) groups excluding carboxylic acids is 1. The molecule has 1 aliphatic rings. The minimum absolute atomic E-state index is 0.267. The second kappa shape index (κ2) is 6.89. The van der Waals surface area contributed by atoms with Gasteiger partial charge in [-0.3, -0.25) is 4.79 Å². The molecule has 1 amide bonds. The molecule has 3 heteroatoms. The first-order chi connectivity index (χ1) is 7.70. The summed E-state index contributed by atoms with van der Waals surface area (Å²) in [5.41, 5.74) is 5.58. The third-order valence-electron chi connectivity index (χ3n) is 3.67. The summed E-state index contributed by atoms with van der Waals surface area (Å²) in [6.07, 6.45) is 5.72. The number of hydrogen-bond acceptors (Lipinski definition) is 2. The minimum Gasteiger partial charge on any atom is -0.341 e. The Morgan fingerprint density at radius 2 is 2.12 bits per heavy atom. The van der Waals surface area contributed by atoms with Crippen LogP contribution in [0.4, 0.5) is 0 Å². The van der Waals surface area contributed by atoms with Crippen LogP contribution in [0.25, 0.3) is 0 Å². The molecular formula is C13H26N2O. The molecule has 1 saturated carbocycles. The highest BCUT2D eigenvalue weighted by molar-refractivity contribution is 5.79. The second-order valence-corrected chi connectivity index (χ2v) is 4.98. The summed E-state index contributed by atoms with van der Waals surface area (Å²) in [7, 11) is 0. The van der Waals surface area contributed by atoms with E-state index in [-0.39, 0.29) is 5.92 Å². The Balaban J connectivity index is 2.51. The van der Waals surface area contributed by atoms with Crippen molar-refractivity contribution in [2.45, 2.75) is 46.0 Å². The van der Waals surface area contributed by atoms with Gasteiger partial charge in [-0.2, -0.15) is 0 Å². The molecule has 0 heterocycles. The van der Waals surface area contributed by atoms with Crippen molar-refractivity contribution in [3.05, 3.63) is 0 Å². The van der Waals surface area contributed by atoms with Crippen molar-refractivity contribution >= 4 is 5.91 Å². The van der Waals surface area contributed by atoms with E-state index >= 15 is 0 Å². The fourth-order valence-electron chi connectivity index (χ4n) is 2.58. The number of nitrogens with two attached hydrogens (primary N) is 1. The van der Waals surface area contributed by atoms with E-state index in [9.17, 15) is 4.79 Å². The Labute approximate surface area is 99.4 Å². The summed E-state index contributed by atoms with van der Waals surface area (Å²) in [6.45, 7) is 6.55. The summed E-state index contributed by atoms with van der Waals surface area (Å²) < 4.78 is 0. The lowest BCUT2D eigenvalue weighted by atomic mass is 9.96. The molecule has 1 rings (SSSR count). The maximum Gasteiger partial charge on any atom is 0.225 e. The number of carbonyl (C=O) groups is 1. The molecule has 0 bridgehead atoms. The molecule has 1 aliphatic carbocycles. The lowest BCUT2D eigenvalue weighted by Gasteiger charge is -2.26. The van der Waals surface area contributed by atoms with Gasteiger partial charge in [0.15, 0.2) is 0 Å². The zero-order valence-electron chi connectivity index (χ0n) is 10.7. The van der Waals surface area contributed by atoms with Crippen molar-refractivity contribution in [1.29, 1.82) is 0 Å². The smallest absolute Gasteiger partial charge is 0.225 e. The molecule has 0 aromatic heterocycles. The molecule has 0 spiro atoms.